The van der Waals surface area contributed by atoms with E-state index in [1.54, 1.807) is 0 Å². The number of hydrogen-bond acceptors (Lipinski definition) is 3. The molecule has 0 unspecified atom stereocenters. The minimum Gasteiger partial charge on any atom is -0.330 e. The predicted molar refractivity (Wildman–Crippen MR) is 74.3 cm³/mol. The van der Waals surface area contributed by atoms with Gasteiger partial charge in [0.1, 0.15) is 0 Å². The van der Waals surface area contributed by atoms with Crippen LogP contribution in [0.25, 0.3) is 0 Å². The Kier molecular flexibility index (Phi) is 13.0. The first-order valence-electron chi connectivity index (χ1n) is 6.69. The van der Waals surface area contributed by atoms with Crippen molar-refractivity contribution in [1.82, 2.24) is 0 Å². The largest absolute Gasteiger partial charge is 0.330 e. The van der Waals surface area contributed by atoms with E-state index in [2.05, 4.69) is 27.7 Å². The van der Waals surface area contributed by atoms with Crippen molar-refractivity contribution in [2.45, 2.75) is 53.4 Å². The van der Waals surface area contributed by atoms with E-state index in [9.17, 15) is 0 Å². The summed E-state index contributed by atoms with van der Waals surface area (Å²) in [5, 5.41) is 0. The molecule has 0 aromatic rings. The second kappa shape index (κ2) is 11.4. The predicted octanol–water partition coefficient (Wildman–Crippen LogP) is 2.09. The van der Waals surface area contributed by atoms with E-state index in [-0.39, 0.29) is 5.41 Å². The second-order valence-electron chi connectivity index (χ2n) is 4.53. The SMILES string of the molecule is CCC(CC)(CN)CN.CCC(CC)CN. The lowest BCUT2D eigenvalue weighted by Crippen LogP contribution is -2.36. The first-order chi connectivity index (χ1) is 7.59. The van der Waals surface area contributed by atoms with E-state index >= 15 is 0 Å². The molecule has 3 nitrogen and oxygen atoms in total. The van der Waals surface area contributed by atoms with Gasteiger partial charge in [-0.3, -0.25) is 0 Å². The highest BCUT2D eigenvalue weighted by molar-refractivity contribution is 4.77. The summed E-state index contributed by atoms with van der Waals surface area (Å²) in [6.07, 6.45) is 4.65. The third-order valence-electron chi connectivity index (χ3n) is 3.85. The van der Waals surface area contributed by atoms with Gasteiger partial charge in [-0.2, -0.15) is 0 Å². The number of nitrogens with two attached hydrogens (primary N) is 3. The molecule has 100 valence electrons. The molecule has 0 amide bonds. The van der Waals surface area contributed by atoms with Crippen molar-refractivity contribution in [3.63, 3.8) is 0 Å². The quantitative estimate of drug-likeness (QED) is 0.628. The second-order valence-corrected chi connectivity index (χ2v) is 4.53. The summed E-state index contributed by atoms with van der Waals surface area (Å²) in [5.74, 6) is 0.764. The molecule has 3 heteroatoms. The molecule has 16 heavy (non-hydrogen) atoms. The molecule has 0 heterocycles. The number of rotatable bonds is 7. The summed E-state index contributed by atoms with van der Waals surface area (Å²) in [7, 11) is 0. The fourth-order valence-corrected chi connectivity index (χ4v) is 1.53. The van der Waals surface area contributed by atoms with Crippen molar-refractivity contribution in [3.05, 3.63) is 0 Å². The fraction of sp³-hybridized carbons (Fsp3) is 1.00. The van der Waals surface area contributed by atoms with Crippen LogP contribution in [0, 0.1) is 11.3 Å². The highest BCUT2D eigenvalue weighted by atomic mass is 14.7. The maximum absolute atomic E-state index is 5.56. The van der Waals surface area contributed by atoms with Crippen molar-refractivity contribution in [2.75, 3.05) is 19.6 Å². The van der Waals surface area contributed by atoms with E-state index in [4.69, 9.17) is 17.2 Å². The Morgan fingerprint density at radius 1 is 0.812 bits per heavy atom. The van der Waals surface area contributed by atoms with Crippen LogP contribution >= 0.6 is 0 Å². The Bertz CT molecular complexity index is 106. The molecule has 0 rings (SSSR count). The average Bonchev–Trinajstić information content (AvgIpc) is 2.36. The molecule has 0 saturated carbocycles. The molecule has 0 aliphatic heterocycles. The van der Waals surface area contributed by atoms with Gasteiger partial charge in [0.2, 0.25) is 0 Å². The Balaban J connectivity index is 0. The summed E-state index contributed by atoms with van der Waals surface area (Å²) < 4.78 is 0. The molecule has 0 fully saturated rings. The lowest BCUT2D eigenvalue weighted by molar-refractivity contribution is 0.285. The minimum absolute atomic E-state index is 0.222. The lowest BCUT2D eigenvalue weighted by Gasteiger charge is -2.27. The monoisotopic (exact) mass is 231 g/mol. The number of hydrogen-bond donors (Lipinski definition) is 3. The summed E-state index contributed by atoms with van der Waals surface area (Å²) >= 11 is 0. The van der Waals surface area contributed by atoms with Gasteiger partial charge in [-0.15, -0.1) is 0 Å². The first-order valence-corrected chi connectivity index (χ1v) is 6.69. The van der Waals surface area contributed by atoms with Crippen LogP contribution in [0.15, 0.2) is 0 Å². The van der Waals surface area contributed by atoms with Crippen molar-refractivity contribution in [1.29, 1.82) is 0 Å². The van der Waals surface area contributed by atoms with E-state index in [1.165, 1.54) is 12.8 Å². The van der Waals surface area contributed by atoms with Crippen LogP contribution in [0.5, 0.6) is 0 Å². The average molecular weight is 231 g/mol. The molecule has 6 N–H and O–H groups in total. The van der Waals surface area contributed by atoms with Crippen LogP contribution in [-0.4, -0.2) is 19.6 Å². The summed E-state index contributed by atoms with van der Waals surface area (Å²) in [6.45, 7) is 10.9. The van der Waals surface area contributed by atoms with Gasteiger partial charge in [-0.1, -0.05) is 40.5 Å². The Morgan fingerprint density at radius 2 is 1.19 bits per heavy atom. The van der Waals surface area contributed by atoms with Gasteiger partial charge >= 0.3 is 0 Å². The Labute approximate surface area is 102 Å². The van der Waals surface area contributed by atoms with Crippen molar-refractivity contribution >= 4 is 0 Å². The van der Waals surface area contributed by atoms with Crippen molar-refractivity contribution in [3.8, 4) is 0 Å². The fourth-order valence-electron chi connectivity index (χ4n) is 1.53. The maximum atomic E-state index is 5.56. The smallest absolute Gasteiger partial charge is 0.000865 e. The van der Waals surface area contributed by atoms with Crippen LogP contribution in [0.4, 0.5) is 0 Å². The van der Waals surface area contributed by atoms with Gasteiger partial charge in [0, 0.05) is 0 Å². The zero-order valence-electron chi connectivity index (χ0n) is 11.8. The van der Waals surface area contributed by atoms with E-state index in [0.29, 0.717) is 0 Å². The third kappa shape index (κ3) is 7.20. The van der Waals surface area contributed by atoms with Crippen LogP contribution in [0.2, 0.25) is 0 Å². The molecular formula is C13H33N3. The standard InChI is InChI=1S/C7H18N2.C6H15N/c1-3-7(4-2,5-8)6-9;1-3-6(4-2)5-7/h3-6,8-9H2,1-2H3;6H,3-5,7H2,1-2H3. The molecule has 0 aromatic carbocycles. The topological polar surface area (TPSA) is 78.1 Å². The minimum atomic E-state index is 0.222. The van der Waals surface area contributed by atoms with Crippen LogP contribution < -0.4 is 17.2 Å². The molecule has 0 aliphatic rings. The Morgan fingerprint density at radius 3 is 1.19 bits per heavy atom. The zero-order valence-corrected chi connectivity index (χ0v) is 11.8. The first kappa shape index (κ1) is 18.3. The zero-order chi connectivity index (χ0) is 13.0. The highest BCUT2D eigenvalue weighted by Gasteiger charge is 2.21. The molecule has 0 saturated heterocycles. The van der Waals surface area contributed by atoms with Crippen LogP contribution in [-0.2, 0) is 0 Å². The van der Waals surface area contributed by atoms with Gasteiger partial charge in [0.05, 0.1) is 0 Å². The summed E-state index contributed by atoms with van der Waals surface area (Å²) in [4.78, 5) is 0. The van der Waals surface area contributed by atoms with E-state index in [1.807, 2.05) is 0 Å². The van der Waals surface area contributed by atoms with Crippen LogP contribution in [0.3, 0.4) is 0 Å². The molecule has 0 spiro atoms. The third-order valence-corrected chi connectivity index (χ3v) is 3.85. The molecule has 0 aromatic heterocycles. The summed E-state index contributed by atoms with van der Waals surface area (Å²) in [6, 6.07) is 0. The van der Waals surface area contributed by atoms with Gasteiger partial charge in [0.25, 0.3) is 0 Å². The summed E-state index contributed by atoms with van der Waals surface area (Å²) in [5.41, 5.74) is 16.7. The highest BCUT2D eigenvalue weighted by Crippen LogP contribution is 2.22. The van der Waals surface area contributed by atoms with Crippen molar-refractivity contribution < 1.29 is 0 Å². The molecule has 0 radical (unpaired) electrons. The van der Waals surface area contributed by atoms with Gasteiger partial charge < -0.3 is 17.2 Å². The van der Waals surface area contributed by atoms with E-state index < -0.39 is 0 Å². The molecule has 0 bridgehead atoms. The van der Waals surface area contributed by atoms with Crippen LogP contribution in [0.1, 0.15) is 53.4 Å². The van der Waals surface area contributed by atoms with Crippen molar-refractivity contribution in [2.24, 2.45) is 28.5 Å². The maximum Gasteiger partial charge on any atom is -0.000865 e. The van der Waals surface area contributed by atoms with Gasteiger partial charge in [-0.05, 0) is 43.8 Å². The van der Waals surface area contributed by atoms with Gasteiger partial charge in [0.15, 0.2) is 0 Å². The van der Waals surface area contributed by atoms with Gasteiger partial charge in [-0.25, -0.2) is 0 Å². The molecule has 0 aliphatic carbocycles. The lowest BCUT2D eigenvalue weighted by atomic mass is 9.83. The molecular weight excluding hydrogens is 198 g/mol. The molecule has 0 atom stereocenters. The Hall–Kier alpha value is -0.120. The van der Waals surface area contributed by atoms with E-state index in [0.717, 1.165) is 38.4 Å². The normalized spacial score (nSPS) is 11.2.